The molecular formula is C13H19N3O2. The number of nitrogens with two attached hydrogens (primary N) is 1. The number of nitrogens with zero attached hydrogens (tertiary/aromatic N) is 2. The second kappa shape index (κ2) is 4.94. The number of hydrogen-bond acceptors (Lipinski definition) is 5. The van der Waals surface area contributed by atoms with Gasteiger partial charge in [-0.3, -0.25) is 0 Å². The van der Waals surface area contributed by atoms with Gasteiger partial charge in [-0.05, 0) is 27.2 Å². The molecule has 2 aromatic rings. The molecule has 98 valence electrons. The van der Waals surface area contributed by atoms with Crippen molar-refractivity contribution in [1.82, 2.24) is 10.1 Å². The maximum atomic E-state index is 5.88. The van der Waals surface area contributed by atoms with Gasteiger partial charge >= 0.3 is 0 Å². The second-order valence-corrected chi connectivity index (χ2v) is 4.60. The van der Waals surface area contributed by atoms with E-state index in [1.807, 2.05) is 27.7 Å². The van der Waals surface area contributed by atoms with Crippen LogP contribution in [0.15, 0.2) is 8.94 Å². The fraction of sp³-hybridized carbons (Fsp3) is 0.538. The van der Waals surface area contributed by atoms with Crippen LogP contribution >= 0.6 is 0 Å². The van der Waals surface area contributed by atoms with Gasteiger partial charge in [0, 0.05) is 18.0 Å². The summed E-state index contributed by atoms with van der Waals surface area (Å²) >= 11 is 0. The van der Waals surface area contributed by atoms with E-state index >= 15 is 0 Å². The van der Waals surface area contributed by atoms with E-state index in [4.69, 9.17) is 14.7 Å². The van der Waals surface area contributed by atoms with Crippen LogP contribution in [-0.2, 0) is 6.42 Å². The summed E-state index contributed by atoms with van der Waals surface area (Å²) in [7, 11) is 0. The average molecular weight is 249 g/mol. The Morgan fingerprint density at radius 3 is 2.50 bits per heavy atom. The van der Waals surface area contributed by atoms with Crippen LogP contribution in [0.2, 0.25) is 0 Å². The molecule has 0 saturated heterocycles. The SMILES string of the molecule is CCC(N)Cc1noc(-c2c(C)oc(C)c2C)n1. The summed E-state index contributed by atoms with van der Waals surface area (Å²) in [6, 6.07) is 0.0729. The monoisotopic (exact) mass is 249 g/mol. The van der Waals surface area contributed by atoms with Crippen LogP contribution in [0.5, 0.6) is 0 Å². The lowest BCUT2D eigenvalue weighted by atomic mass is 10.1. The highest BCUT2D eigenvalue weighted by Gasteiger charge is 2.19. The maximum Gasteiger partial charge on any atom is 0.261 e. The van der Waals surface area contributed by atoms with Gasteiger partial charge < -0.3 is 14.7 Å². The van der Waals surface area contributed by atoms with Gasteiger partial charge in [-0.25, -0.2) is 0 Å². The third kappa shape index (κ3) is 2.31. The molecule has 0 aromatic carbocycles. The molecule has 1 atom stereocenters. The second-order valence-electron chi connectivity index (χ2n) is 4.60. The quantitative estimate of drug-likeness (QED) is 0.900. The molecule has 0 spiro atoms. The lowest BCUT2D eigenvalue weighted by Gasteiger charge is -2.02. The third-order valence-corrected chi connectivity index (χ3v) is 3.21. The fourth-order valence-corrected chi connectivity index (χ4v) is 1.93. The van der Waals surface area contributed by atoms with Gasteiger partial charge in [0.25, 0.3) is 5.89 Å². The first kappa shape index (κ1) is 12.8. The van der Waals surface area contributed by atoms with Crippen molar-refractivity contribution in [2.24, 2.45) is 5.73 Å². The number of rotatable bonds is 4. The van der Waals surface area contributed by atoms with E-state index in [1.54, 1.807) is 0 Å². The molecule has 18 heavy (non-hydrogen) atoms. The largest absolute Gasteiger partial charge is 0.466 e. The molecule has 0 bridgehead atoms. The summed E-state index contributed by atoms with van der Waals surface area (Å²) in [6.07, 6.45) is 1.53. The van der Waals surface area contributed by atoms with Crippen molar-refractivity contribution < 1.29 is 8.94 Å². The zero-order valence-electron chi connectivity index (χ0n) is 11.3. The van der Waals surface area contributed by atoms with Gasteiger partial charge in [0.2, 0.25) is 0 Å². The maximum absolute atomic E-state index is 5.88. The molecule has 0 radical (unpaired) electrons. The minimum absolute atomic E-state index is 0.0729. The molecule has 0 aliphatic heterocycles. The predicted octanol–water partition coefficient (Wildman–Crippen LogP) is 2.53. The summed E-state index contributed by atoms with van der Waals surface area (Å²) in [6.45, 7) is 7.86. The minimum atomic E-state index is 0.0729. The van der Waals surface area contributed by atoms with Crippen LogP contribution < -0.4 is 5.73 Å². The Hall–Kier alpha value is -1.62. The molecule has 0 fully saturated rings. The van der Waals surface area contributed by atoms with Crippen LogP contribution in [0.25, 0.3) is 11.5 Å². The van der Waals surface area contributed by atoms with Crippen molar-refractivity contribution in [1.29, 1.82) is 0 Å². The number of aromatic nitrogens is 2. The van der Waals surface area contributed by atoms with E-state index < -0.39 is 0 Å². The van der Waals surface area contributed by atoms with Crippen LogP contribution in [0.4, 0.5) is 0 Å². The molecule has 1 unspecified atom stereocenters. The van der Waals surface area contributed by atoms with Crippen molar-refractivity contribution in [3.05, 3.63) is 22.9 Å². The van der Waals surface area contributed by atoms with Gasteiger partial charge in [0.05, 0.1) is 5.56 Å². The average Bonchev–Trinajstić information content (AvgIpc) is 2.85. The topological polar surface area (TPSA) is 78.1 Å². The van der Waals surface area contributed by atoms with Gasteiger partial charge in [0.15, 0.2) is 5.82 Å². The van der Waals surface area contributed by atoms with Gasteiger partial charge in [-0.2, -0.15) is 4.98 Å². The van der Waals surface area contributed by atoms with Crippen molar-refractivity contribution in [2.75, 3.05) is 0 Å². The van der Waals surface area contributed by atoms with Crippen molar-refractivity contribution in [3.63, 3.8) is 0 Å². The van der Waals surface area contributed by atoms with Crippen LogP contribution in [-0.4, -0.2) is 16.2 Å². The summed E-state index contributed by atoms with van der Waals surface area (Å²) in [4.78, 5) is 4.39. The number of furan rings is 1. The van der Waals surface area contributed by atoms with E-state index in [0.717, 1.165) is 29.1 Å². The summed E-state index contributed by atoms with van der Waals surface area (Å²) in [5.41, 5.74) is 7.82. The smallest absolute Gasteiger partial charge is 0.261 e. The Morgan fingerprint density at radius 1 is 1.22 bits per heavy atom. The first-order valence-corrected chi connectivity index (χ1v) is 6.18. The Kier molecular flexibility index (Phi) is 3.52. The number of aryl methyl sites for hydroxylation is 2. The first-order chi connectivity index (χ1) is 8.52. The van der Waals surface area contributed by atoms with Gasteiger partial charge in [-0.1, -0.05) is 12.1 Å². The molecule has 0 amide bonds. The van der Waals surface area contributed by atoms with E-state index in [-0.39, 0.29) is 6.04 Å². The standard InChI is InChI=1S/C13H19N3O2/c1-5-10(14)6-11-15-13(18-16-11)12-7(2)8(3)17-9(12)4/h10H,5-6,14H2,1-4H3. The van der Waals surface area contributed by atoms with E-state index in [0.29, 0.717) is 18.1 Å². The minimum Gasteiger partial charge on any atom is -0.466 e. The van der Waals surface area contributed by atoms with Gasteiger partial charge in [0.1, 0.15) is 11.5 Å². The molecule has 0 aliphatic carbocycles. The lowest BCUT2D eigenvalue weighted by Crippen LogP contribution is -2.21. The van der Waals surface area contributed by atoms with Gasteiger partial charge in [-0.15, -0.1) is 0 Å². The molecule has 2 N–H and O–H groups in total. The number of hydrogen-bond donors (Lipinski definition) is 1. The molecular weight excluding hydrogens is 230 g/mol. The highest BCUT2D eigenvalue weighted by Crippen LogP contribution is 2.30. The van der Waals surface area contributed by atoms with Crippen molar-refractivity contribution in [2.45, 2.75) is 46.6 Å². The molecule has 5 heteroatoms. The van der Waals surface area contributed by atoms with E-state index in [9.17, 15) is 0 Å². The molecule has 2 aromatic heterocycles. The zero-order valence-corrected chi connectivity index (χ0v) is 11.3. The third-order valence-electron chi connectivity index (χ3n) is 3.21. The first-order valence-electron chi connectivity index (χ1n) is 6.18. The van der Waals surface area contributed by atoms with Crippen LogP contribution in [0, 0.1) is 20.8 Å². The van der Waals surface area contributed by atoms with E-state index in [1.165, 1.54) is 0 Å². The molecule has 0 saturated carbocycles. The highest BCUT2D eigenvalue weighted by molar-refractivity contribution is 5.61. The summed E-state index contributed by atoms with van der Waals surface area (Å²) < 4.78 is 10.9. The summed E-state index contributed by atoms with van der Waals surface area (Å²) in [5, 5.41) is 3.96. The lowest BCUT2D eigenvalue weighted by molar-refractivity contribution is 0.417. The van der Waals surface area contributed by atoms with Crippen LogP contribution in [0.1, 0.15) is 36.3 Å². The Labute approximate surface area is 106 Å². The fourth-order valence-electron chi connectivity index (χ4n) is 1.93. The predicted molar refractivity (Wildman–Crippen MR) is 68.2 cm³/mol. The summed E-state index contributed by atoms with van der Waals surface area (Å²) in [5.74, 6) is 2.85. The Morgan fingerprint density at radius 2 is 1.94 bits per heavy atom. The Balaban J connectivity index is 2.29. The molecule has 2 rings (SSSR count). The highest BCUT2D eigenvalue weighted by atomic mass is 16.5. The zero-order chi connectivity index (χ0) is 13.3. The normalized spacial score (nSPS) is 12.9. The van der Waals surface area contributed by atoms with Crippen molar-refractivity contribution >= 4 is 0 Å². The molecule has 5 nitrogen and oxygen atoms in total. The van der Waals surface area contributed by atoms with E-state index in [2.05, 4.69) is 10.1 Å². The molecule has 0 aliphatic rings. The van der Waals surface area contributed by atoms with Crippen molar-refractivity contribution in [3.8, 4) is 11.5 Å². The molecule has 2 heterocycles. The Bertz CT molecular complexity index is 542. The van der Waals surface area contributed by atoms with Crippen LogP contribution in [0.3, 0.4) is 0 Å².